The van der Waals surface area contributed by atoms with E-state index in [0.29, 0.717) is 5.92 Å². The van der Waals surface area contributed by atoms with E-state index in [0.717, 1.165) is 30.7 Å². The number of aromatic nitrogens is 2. The molecule has 0 radical (unpaired) electrons. The second kappa shape index (κ2) is 3.59. The molecule has 4 rings (SSSR count). The van der Waals surface area contributed by atoms with Gasteiger partial charge in [0, 0.05) is 13.0 Å². The smallest absolute Gasteiger partial charge is 0.221 e. The van der Waals surface area contributed by atoms with Gasteiger partial charge in [-0.2, -0.15) is 0 Å². The lowest BCUT2D eigenvalue weighted by atomic mass is 9.79. The molecule has 3 saturated heterocycles. The molecule has 3 aliphatic rings. The lowest BCUT2D eigenvalue weighted by Crippen LogP contribution is -2.46. The zero-order valence-electron chi connectivity index (χ0n) is 9.15. The Hall–Kier alpha value is -0.900. The molecular weight excluding hydrogens is 190 g/mol. The fourth-order valence-corrected chi connectivity index (χ4v) is 2.80. The molecule has 0 aromatic carbocycles. The first-order chi connectivity index (χ1) is 7.36. The molecule has 0 saturated carbocycles. The van der Waals surface area contributed by atoms with Crippen LogP contribution in [0.4, 0.5) is 0 Å². The highest BCUT2D eigenvalue weighted by molar-refractivity contribution is 5.02. The van der Waals surface area contributed by atoms with Crippen LogP contribution < -0.4 is 0 Å². The minimum absolute atomic E-state index is 0.500. The second-order valence-electron chi connectivity index (χ2n) is 4.63. The quantitative estimate of drug-likeness (QED) is 0.736. The van der Waals surface area contributed by atoms with Crippen LogP contribution in [-0.4, -0.2) is 34.7 Å². The SMILES string of the molecule is CCc1nnc(C2CN3CCC2CC3)o1. The zero-order valence-corrected chi connectivity index (χ0v) is 9.15. The largest absolute Gasteiger partial charge is 0.425 e. The van der Waals surface area contributed by atoms with Crippen molar-refractivity contribution in [3.05, 3.63) is 11.8 Å². The molecule has 1 atom stereocenters. The maximum absolute atomic E-state index is 5.68. The van der Waals surface area contributed by atoms with Gasteiger partial charge < -0.3 is 9.32 Å². The fraction of sp³-hybridized carbons (Fsp3) is 0.818. The lowest BCUT2D eigenvalue weighted by Gasteiger charge is -2.43. The van der Waals surface area contributed by atoms with E-state index >= 15 is 0 Å². The van der Waals surface area contributed by atoms with Crippen LogP contribution in [-0.2, 0) is 6.42 Å². The molecule has 1 unspecified atom stereocenters. The van der Waals surface area contributed by atoms with E-state index in [-0.39, 0.29) is 0 Å². The van der Waals surface area contributed by atoms with E-state index in [1.54, 1.807) is 0 Å². The Bertz CT molecular complexity index is 341. The minimum Gasteiger partial charge on any atom is -0.425 e. The highest BCUT2D eigenvalue weighted by atomic mass is 16.4. The molecule has 0 spiro atoms. The summed E-state index contributed by atoms with van der Waals surface area (Å²) in [7, 11) is 0. The van der Waals surface area contributed by atoms with Crippen LogP contribution in [0, 0.1) is 5.92 Å². The van der Waals surface area contributed by atoms with Crippen molar-refractivity contribution in [1.29, 1.82) is 0 Å². The molecule has 4 heteroatoms. The standard InChI is InChI=1S/C11H17N3O/c1-2-10-12-13-11(15-10)9-7-14-5-3-8(9)4-6-14/h8-9H,2-7H2,1H3. The van der Waals surface area contributed by atoms with E-state index in [1.807, 2.05) is 6.92 Å². The highest BCUT2D eigenvalue weighted by Gasteiger charge is 2.37. The lowest BCUT2D eigenvalue weighted by molar-refractivity contribution is 0.0751. The topological polar surface area (TPSA) is 42.2 Å². The maximum Gasteiger partial charge on any atom is 0.221 e. The summed E-state index contributed by atoms with van der Waals surface area (Å²) in [4.78, 5) is 2.51. The number of hydrogen-bond acceptors (Lipinski definition) is 4. The molecule has 1 aromatic rings. The molecule has 3 aliphatic heterocycles. The Morgan fingerprint density at radius 1 is 1.33 bits per heavy atom. The molecule has 4 heterocycles. The summed E-state index contributed by atoms with van der Waals surface area (Å²) in [6.45, 7) is 5.69. The number of nitrogens with zero attached hydrogens (tertiary/aromatic N) is 3. The van der Waals surface area contributed by atoms with Crippen molar-refractivity contribution >= 4 is 0 Å². The van der Waals surface area contributed by atoms with Gasteiger partial charge in [-0.25, -0.2) is 0 Å². The summed E-state index contributed by atoms with van der Waals surface area (Å²) < 4.78 is 5.68. The van der Waals surface area contributed by atoms with Crippen molar-refractivity contribution in [3.63, 3.8) is 0 Å². The highest BCUT2D eigenvalue weighted by Crippen LogP contribution is 2.38. The summed E-state index contributed by atoms with van der Waals surface area (Å²) >= 11 is 0. The van der Waals surface area contributed by atoms with Crippen molar-refractivity contribution in [2.45, 2.75) is 32.1 Å². The fourth-order valence-electron chi connectivity index (χ4n) is 2.80. The minimum atomic E-state index is 0.500. The van der Waals surface area contributed by atoms with Crippen LogP contribution in [0.2, 0.25) is 0 Å². The summed E-state index contributed by atoms with van der Waals surface area (Å²) in [5, 5.41) is 8.24. The number of hydrogen-bond donors (Lipinski definition) is 0. The maximum atomic E-state index is 5.68. The van der Waals surface area contributed by atoms with Crippen molar-refractivity contribution < 1.29 is 4.42 Å². The number of rotatable bonds is 2. The van der Waals surface area contributed by atoms with Crippen LogP contribution in [0.25, 0.3) is 0 Å². The van der Waals surface area contributed by atoms with E-state index in [2.05, 4.69) is 15.1 Å². The van der Waals surface area contributed by atoms with Gasteiger partial charge in [0.15, 0.2) is 0 Å². The van der Waals surface area contributed by atoms with Crippen LogP contribution in [0.1, 0.15) is 37.5 Å². The first kappa shape index (κ1) is 9.33. The Kier molecular flexibility index (Phi) is 2.24. The van der Waals surface area contributed by atoms with E-state index < -0.39 is 0 Å². The van der Waals surface area contributed by atoms with Crippen LogP contribution in [0.5, 0.6) is 0 Å². The van der Waals surface area contributed by atoms with Gasteiger partial charge in [-0.1, -0.05) is 6.92 Å². The average molecular weight is 207 g/mol. The average Bonchev–Trinajstić information content (AvgIpc) is 2.79. The second-order valence-corrected chi connectivity index (χ2v) is 4.63. The molecule has 2 bridgehead atoms. The van der Waals surface area contributed by atoms with Gasteiger partial charge in [0.2, 0.25) is 11.8 Å². The van der Waals surface area contributed by atoms with E-state index in [4.69, 9.17) is 4.42 Å². The van der Waals surface area contributed by atoms with Gasteiger partial charge >= 0.3 is 0 Å². The van der Waals surface area contributed by atoms with Gasteiger partial charge in [0.1, 0.15) is 0 Å². The third-order valence-electron chi connectivity index (χ3n) is 3.76. The Labute approximate surface area is 89.7 Å². The zero-order chi connectivity index (χ0) is 10.3. The molecule has 15 heavy (non-hydrogen) atoms. The van der Waals surface area contributed by atoms with Gasteiger partial charge in [0.25, 0.3) is 0 Å². The van der Waals surface area contributed by atoms with Gasteiger partial charge in [-0.3, -0.25) is 0 Å². The Morgan fingerprint density at radius 2 is 2.13 bits per heavy atom. The van der Waals surface area contributed by atoms with Crippen molar-refractivity contribution in [2.75, 3.05) is 19.6 Å². The third-order valence-corrected chi connectivity index (χ3v) is 3.76. The van der Waals surface area contributed by atoms with Crippen molar-refractivity contribution in [3.8, 4) is 0 Å². The monoisotopic (exact) mass is 207 g/mol. The predicted molar refractivity (Wildman–Crippen MR) is 55.6 cm³/mol. The number of fused-ring (bicyclic) bond motifs is 3. The normalized spacial score (nSPS) is 34.6. The molecule has 4 nitrogen and oxygen atoms in total. The van der Waals surface area contributed by atoms with Crippen LogP contribution in [0.3, 0.4) is 0 Å². The van der Waals surface area contributed by atoms with Crippen molar-refractivity contribution in [1.82, 2.24) is 15.1 Å². The van der Waals surface area contributed by atoms with Gasteiger partial charge in [-0.15, -0.1) is 10.2 Å². The van der Waals surface area contributed by atoms with Gasteiger partial charge in [0.05, 0.1) is 5.92 Å². The van der Waals surface area contributed by atoms with Crippen molar-refractivity contribution in [2.24, 2.45) is 5.92 Å². The Morgan fingerprint density at radius 3 is 2.67 bits per heavy atom. The molecule has 3 fully saturated rings. The summed E-state index contributed by atoms with van der Waals surface area (Å²) in [6.07, 6.45) is 3.44. The van der Waals surface area contributed by atoms with Crippen LogP contribution in [0.15, 0.2) is 4.42 Å². The number of aryl methyl sites for hydroxylation is 1. The molecular formula is C11H17N3O. The van der Waals surface area contributed by atoms with Gasteiger partial charge in [-0.05, 0) is 31.8 Å². The third kappa shape index (κ3) is 1.57. The molecule has 82 valence electrons. The Balaban J connectivity index is 1.81. The van der Waals surface area contributed by atoms with E-state index in [9.17, 15) is 0 Å². The summed E-state index contributed by atoms with van der Waals surface area (Å²) in [5.74, 6) is 2.93. The molecule has 0 aliphatic carbocycles. The summed E-state index contributed by atoms with van der Waals surface area (Å²) in [6, 6.07) is 0. The first-order valence-corrected chi connectivity index (χ1v) is 5.91. The first-order valence-electron chi connectivity index (χ1n) is 5.91. The number of piperidine rings is 3. The molecule has 0 N–H and O–H groups in total. The predicted octanol–water partition coefficient (Wildman–Crippen LogP) is 1.44. The molecule has 0 amide bonds. The summed E-state index contributed by atoms with van der Waals surface area (Å²) in [5.41, 5.74) is 0. The molecule has 1 aromatic heterocycles. The van der Waals surface area contributed by atoms with E-state index in [1.165, 1.54) is 25.9 Å². The van der Waals surface area contributed by atoms with Crippen LogP contribution >= 0.6 is 0 Å².